The van der Waals surface area contributed by atoms with Crippen molar-refractivity contribution in [2.24, 2.45) is 0 Å². The van der Waals surface area contributed by atoms with Gasteiger partial charge in [0.2, 0.25) is 11.8 Å². The number of benzene rings is 3. The molecule has 2 aliphatic heterocycles. The van der Waals surface area contributed by atoms with Gasteiger partial charge in [0, 0.05) is 32.1 Å². The first-order valence-corrected chi connectivity index (χ1v) is 12.5. The number of rotatable bonds is 6. The molecular weight excluding hydrogens is 466 g/mol. The fraction of sp³-hybridized carbons (Fsp3) is 0.300. The van der Waals surface area contributed by atoms with Gasteiger partial charge in [0.05, 0.1) is 31.7 Å². The first-order valence-electron chi connectivity index (χ1n) is 12.5. The smallest absolute Gasteiger partial charge is 0.253 e. The molecule has 7 heteroatoms. The third-order valence-corrected chi connectivity index (χ3v) is 7.45. The van der Waals surface area contributed by atoms with Gasteiger partial charge in [0.1, 0.15) is 0 Å². The number of fused-ring (bicyclic) bond motifs is 1. The minimum Gasteiger partial charge on any atom is -0.394 e. The molecule has 37 heavy (non-hydrogen) atoms. The van der Waals surface area contributed by atoms with Crippen LogP contribution in [0.4, 0.5) is 0 Å². The Hall–Kier alpha value is -3.97. The summed E-state index contributed by atoms with van der Waals surface area (Å²) in [6, 6.07) is 24.7. The Kier molecular flexibility index (Phi) is 6.80. The SMILES string of the molecule is CN(C)C(=O)c1cccc(-c2ccc([C@@H]3[C@H]4CN(C(=O)Cc5ccccc5)CC(=O)N4[C@H]3CO)cc2)c1. The summed E-state index contributed by atoms with van der Waals surface area (Å²) < 4.78 is 0. The topological polar surface area (TPSA) is 81.2 Å². The van der Waals surface area contributed by atoms with Gasteiger partial charge in [0.15, 0.2) is 0 Å². The first kappa shape index (κ1) is 24.7. The van der Waals surface area contributed by atoms with E-state index < -0.39 is 0 Å². The summed E-state index contributed by atoms with van der Waals surface area (Å²) in [7, 11) is 3.46. The number of hydrogen-bond acceptors (Lipinski definition) is 4. The summed E-state index contributed by atoms with van der Waals surface area (Å²) in [4.78, 5) is 43.2. The van der Waals surface area contributed by atoms with E-state index in [1.54, 1.807) is 34.9 Å². The zero-order chi connectivity index (χ0) is 26.1. The van der Waals surface area contributed by atoms with Gasteiger partial charge < -0.3 is 19.8 Å². The Bertz CT molecular complexity index is 1310. The lowest BCUT2D eigenvalue weighted by Gasteiger charge is -2.58. The van der Waals surface area contributed by atoms with Crippen molar-refractivity contribution < 1.29 is 19.5 Å². The molecule has 0 bridgehead atoms. The molecule has 0 aliphatic carbocycles. The van der Waals surface area contributed by atoms with Crippen LogP contribution in [0.25, 0.3) is 11.1 Å². The predicted molar refractivity (Wildman–Crippen MR) is 141 cm³/mol. The monoisotopic (exact) mass is 497 g/mol. The number of piperazine rings is 1. The lowest BCUT2D eigenvalue weighted by atomic mass is 9.73. The van der Waals surface area contributed by atoms with Crippen LogP contribution in [0.2, 0.25) is 0 Å². The van der Waals surface area contributed by atoms with E-state index in [0.29, 0.717) is 12.1 Å². The second-order valence-electron chi connectivity index (χ2n) is 9.98. The van der Waals surface area contributed by atoms with E-state index >= 15 is 0 Å². The summed E-state index contributed by atoms with van der Waals surface area (Å²) in [5.74, 6) is -0.288. The average molecular weight is 498 g/mol. The molecule has 3 aromatic rings. The molecule has 3 atom stereocenters. The van der Waals surface area contributed by atoms with Gasteiger partial charge in [-0.2, -0.15) is 0 Å². The third kappa shape index (κ3) is 4.74. The van der Waals surface area contributed by atoms with Crippen molar-refractivity contribution in [2.45, 2.75) is 24.4 Å². The van der Waals surface area contributed by atoms with Crippen LogP contribution in [0.1, 0.15) is 27.4 Å². The second kappa shape index (κ2) is 10.2. The van der Waals surface area contributed by atoms with Crippen molar-refractivity contribution in [3.63, 3.8) is 0 Å². The molecule has 3 amide bonds. The lowest BCUT2D eigenvalue weighted by molar-refractivity contribution is -0.166. The normalized spacial score (nSPS) is 20.7. The van der Waals surface area contributed by atoms with Crippen molar-refractivity contribution in [3.8, 4) is 11.1 Å². The molecule has 1 N–H and O–H groups in total. The van der Waals surface area contributed by atoms with Crippen LogP contribution in [0.15, 0.2) is 78.9 Å². The molecule has 2 fully saturated rings. The largest absolute Gasteiger partial charge is 0.394 e. The van der Waals surface area contributed by atoms with E-state index in [-0.39, 0.29) is 55.3 Å². The van der Waals surface area contributed by atoms with Crippen LogP contribution in [0.5, 0.6) is 0 Å². The predicted octanol–water partition coefficient (Wildman–Crippen LogP) is 2.80. The quantitative estimate of drug-likeness (QED) is 0.568. The van der Waals surface area contributed by atoms with Gasteiger partial charge in [-0.15, -0.1) is 0 Å². The molecular formula is C30H31N3O4. The maximum Gasteiger partial charge on any atom is 0.253 e. The van der Waals surface area contributed by atoms with Crippen LogP contribution in [-0.2, 0) is 16.0 Å². The molecule has 0 saturated carbocycles. The second-order valence-corrected chi connectivity index (χ2v) is 9.98. The number of amides is 3. The third-order valence-electron chi connectivity index (χ3n) is 7.45. The highest BCUT2D eigenvalue weighted by atomic mass is 16.3. The molecule has 2 saturated heterocycles. The maximum absolute atomic E-state index is 13.0. The maximum atomic E-state index is 13.0. The van der Waals surface area contributed by atoms with Gasteiger partial charge in [-0.05, 0) is 34.4 Å². The number of hydrogen-bond donors (Lipinski definition) is 1. The van der Waals surface area contributed by atoms with Crippen LogP contribution in [-0.4, -0.2) is 83.4 Å². The fourth-order valence-corrected chi connectivity index (χ4v) is 5.56. The molecule has 190 valence electrons. The fourth-order valence-electron chi connectivity index (χ4n) is 5.56. The van der Waals surface area contributed by atoms with Gasteiger partial charge in [-0.1, -0.05) is 66.7 Å². The van der Waals surface area contributed by atoms with Gasteiger partial charge in [0.25, 0.3) is 5.91 Å². The van der Waals surface area contributed by atoms with Crippen LogP contribution >= 0.6 is 0 Å². The van der Waals surface area contributed by atoms with Crippen LogP contribution < -0.4 is 0 Å². The van der Waals surface area contributed by atoms with Crippen molar-refractivity contribution >= 4 is 17.7 Å². The molecule has 0 unspecified atom stereocenters. The molecule has 0 spiro atoms. The van der Waals surface area contributed by atoms with E-state index in [2.05, 4.69) is 0 Å². The zero-order valence-corrected chi connectivity index (χ0v) is 21.1. The molecule has 0 aromatic heterocycles. The minimum atomic E-state index is -0.296. The molecule has 2 aliphatic rings. The van der Waals surface area contributed by atoms with Gasteiger partial charge in [-0.3, -0.25) is 14.4 Å². The van der Waals surface area contributed by atoms with E-state index in [9.17, 15) is 19.5 Å². The summed E-state index contributed by atoms with van der Waals surface area (Å²) in [5, 5.41) is 10.1. The summed E-state index contributed by atoms with van der Waals surface area (Å²) >= 11 is 0. The highest BCUT2D eigenvalue weighted by molar-refractivity contribution is 5.95. The standard InChI is InChI=1S/C30H31N3O4/c1-31(2)30(37)24-10-6-9-23(16-24)21-11-13-22(14-12-21)29-25-17-32(18-28(36)33(25)26(29)19-34)27(35)15-20-7-4-3-5-8-20/h3-14,16,25-26,29,34H,15,17-19H2,1-2H3/t25-,26+,29-/m1/s1. The number of aliphatic hydroxyl groups excluding tert-OH is 1. The van der Waals surface area contributed by atoms with E-state index in [1.807, 2.05) is 72.8 Å². The van der Waals surface area contributed by atoms with Crippen LogP contribution in [0, 0.1) is 0 Å². The van der Waals surface area contributed by atoms with E-state index in [1.165, 1.54) is 0 Å². The first-order chi connectivity index (χ1) is 17.9. The Morgan fingerprint density at radius 2 is 1.68 bits per heavy atom. The van der Waals surface area contributed by atoms with Crippen molar-refractivity contribution in [1.29, 1.82) is 0 Å². The Morgan fingerprint density at radius 1 is 0.946 bits per heavy atom. The van der Waals surface area contributed by atoms with Gasteiger partial charge >= 0.3 is 0 Å². The average Bonchev–Trinajstić information content (AvgIpc) is 2.90. The molecule has 0 radical (unpaired) electrons. The Morgan fingerprint density at radius 3 is 2.35 bits per heavy atom. The summed E-state index contributed by atoms with van der Waals surface area (Å²) in [6.07, 6.45) is 0.263. The van der Waals surface area contributed by atoms with Crippen LogP contribution in [0.3, 0.4) is 0 Å². The molecule has 3 aromatic carbocycles. The zero-order valence-electron chi connectivity index (χ0n) is 21.1. The number of carbonyl (C=O) groups is 3. The van der Waals surface area contributed by atoms with Crippen molar-refractivity contribution in [2.75, 3.05) is 33.8 Å². The Labute approximate surface area is 216 Å². The number of carbonyl (C=O) groups excluding carboxylic acids is 3. The van der Waals surface area contributed by atoms with Crippen molar-refractivity contribution in [1.82, 2.24) is 14.7 Å². The minimum absolute atomic E-state index is 0.0480. The number of nitrogens with zero attached hydrogens (tertiary/aromatic N) is 3. The molecule has 5 rings (SSSR count). The lowest BCUT2D eigenvalue weighted by Crippen LogP contribution is -2.73. The molecule has 7 nitrogen and oxygen atoms in total. The highest BCUT2D eigenvalue weighted by Crippen LogP contribution is 2.43. The van der Waals surface area contributed by atoms with Gasteiger partial charge in [-0.25, -0.2) is 0 Å². The Balaban J connectivity index is 1.34. The number of aliphatic hydroxyl groups is 1. The summed E-state index contributed by atoms with van der Waals surface area (Å²) in [6.45, 7) is 0.378. The van der Waals surface area contributed by atoms with E-state index in [0.717, 1.165) is 22.3 Å². The van der Waals surface area contributed by atoms with Crippen molar-refractivity contribution in [3.05, 3.63) is 95.6 Å². The summed E-state index contributed by atoms with van der Waals surface area (Å²) in [5.41, 5.74) is 4.50. The highest BCUT2D eigenvalue weighted by Gasteiger charge is 2.54. The molecule has 2 heterocycles. The van der Waals surface area contributed by atoms with E-state index in [4.69, 9.17) is 0 Å².